The van der Waals surface area contributed by atoms with E-state index in [0.717, 1.165) is 57.7 Å². The van der Waals surface area contributed by atoms with Crippen molar-refractivity contribution < 1.29 is 9.52 Å². The second kappa shape index (κ2) is 11.3. The molecule has 0 aliphatic heterocycles. The third kappa shape index (κ3) is 5.95. The van der Waals surface area contributed by atoms with Crippen molar-refractivity contribution in [3.05, 3.63) is 93.8 Å². The van der Waals surface area contributed by atoms with Crippen LogP contribution in [0.3, 0.4) is 0 Å². The van der Waals surface area contributed by atoms with E-state index in [1.54, 1.807) is 17.4 Å². The number of hydrogen-bond donors (Lipinski definition) is 1. The molecule has 0 saturated heterocycles. The first-order chi connectivity index (χ1) is 18.0. The number of phenolic OH excluding ortho intramolecular Hbond substituents is 1. The highest BCUT2D eigenvalue weighted by Crippen LogP contribution is 2.32. The molecule has 0 radical (unpaired) electrons. The van der Waals surface area contributed by atoms with E-state index in [9.17, 15) is 5.11 Å². The summed E-state index contributed by atoms with van der Waals surface area (Å²) >= 11 is 7.62. The number of rotatable bonds is 8. The topological polar surface area (TPSA) is 58.6 Å². The van der Waals surface area contributed by atoms with Crippen molar-refractivity contribution in [1.29, 1.82) is 0 Å². The van der Waals surface area contributed by atoms with E-state index in [0.29, 0.717) is 16.2 Å². The highest BCUT2D eigenvalue weighted by atomic mass is 35.5. The fourth-order valence-corrected chi connectivity index (χ4v) is 5.24. The lowest BCUT2D eigenvalue weighted by molar-refractivity contribution is 0.464. The van der Waals surface area contributed by atoms with Gasteiger partial charge in [0.15, 0.2) is 0 Å². The van der Waals surface area contributed by atoms with Crippen molar-refractivity contribution in [2.24, 2.45) is 4.99 Å². The highest BCUT2D eigenvalue weighted by Gasteiger charge is 2.14. The molecule has 5 aromatic rings. The molecule has 0 fully saturated rings. The SMILES string of the molecule is CCCCCCc1cc2cc(-c3nc(-c4ccc(Cl)cc4)cs3)c(=Nc3ccc(C)cc3)oc2cc1O. The van der Waals surface area contributed by atoms with Crippen molar-refractivity contribution in [3.8, 4) is 27.6 Å². The Balaban J connectivity index is 1.62. The monoisotopic (exact) mass is 528 g/mol. The molecule has 0 atom stereocenters. The van der Waals surface area contributed by atoms with Crippen LogP contribution in [0.1, 0.15) is 43.7 Å². The van der Waals surface area contributed by atoms with E-state index in [-0.39, 0.29) is 5.75 Å². The predicted molar refractivity (Wildman–Crippen MR) is 154 cm³/mol. The van der Waals surface area contributed by atoms with Crippen LogP contribution < -0.4 is 5.55 Å². The number of aromatic hydroxyl groups is 1. The molecule has 0 spiro atoms. The number of unbranched alkanes of at least 4 members (excludes halogenated alkanes) is 3. The highest BCUT2D eigenvalue weighted by molar-refractivity contribution is 7.13. The zero-order chi connectivity index (χ0) is 25.8. The molecule has 0 bridgehead atoms. The van der Waals surface area contributed by atoms with Crippen LogP contribution in [-0.4, -0.2) is 10.1 Å². The number of fused-ring (bicyclic) bond motifs is 1. The molecule has 0 saturated carbocycles. The molecule has 6 heteroatoms. The maximum atomic E-state index is 10.7. The second-order valence-corrected chi connectivity index (χ2v) is 10.6. The molecular weight excluding hydrogens is 500 g/mol. The number of thiazole rings is 1. The van der Waals surface area contributed by atoms with Crippen LogP contribution in [0.2, 0.25) is 5.02 Å². The molecule has 37 heavy (non-hydrogen) atoms. The van der Waals surface area contributed by atoms with Crippen molar-refractivity contribution >= 4 is 39.6 Å². The van der Waals surface area contributed by atoms with Crippen LogP contribution >= 0.6 is 22.9 Å². The summed E-state index contributed by atoms with van der Waals surface area (Å²) in [7, 11) is 0. The van der Waals surface area contributed by atoms with Crippen molar-refractivity contribution in [2.75, 3.05) is 0 Å². The van der Waals surface area contributed by atoms with E-state index in [4.69, 9.17) is 26.0 Å². The molecule has 0 aliphatic carbocycles. The molecule has 2 aromatic heterocycles. The van der Waals surface area contributed by atoms with Crippen LogP contribution in [-0.2, 0) is 6.42 Å². The molecule has 188 valence electrons. The third-order valence-electron chi connectivity index (χ3n) is 6.39. The maximum Gasteiger partial charge on any atom is 0.230 e. The van der Waals surface area contributed by atoms with Gasteiger partial charge >= 0.3 is 0 Å². The van der Waals surface area contributed by atoms with E-state index < -0.39 is 0 Å². The summed E-state index contributed by atoms with van der Waals surface area (Å²) in [4.78, 5) is 9.75. The van der Waals surface area contributed by atoms with Crippen molar-refractivity contribution in [3.63, 3.8) is 0 Å². The summed E-state index contributed by atoms with van der Waals surface area (Å²) < 4.78 is 6.31. The van der Waals surface area contributed by atoms with E-state index in [1.807, 2.05) is 66.9 Å². The second-order valence-electron chi connectivity index (χ2n) is 9.29. The Morgan fingerprint density at radius 3 is 2.51 bits per heavy atom. The number of benzene rings is 3. The average molecular weight is 529 g/mol. The van der Waals surface area contributed by atoms with Gasteiger partial charge in [-0.15, -0.1) is 11.3 Å². The molecular formula is C31H29ClN2O2S. The van der Waals surface area contributed by atoms with Crippen molar-refractivity contribution in [2.45, 2.75) is 46.0 Å². The Hall–Kier alpha value is -3.41. The molecule has 0 unspecified atom stereocenters. The lowest BCUT2D eigenvalue weighted by Gasteiger charge is -2.08. The average Bonchev–Trinajstić information content (AvgIpc) is 3.38. The Labute approximate surface area is 225 Å². The van der Waals surface area contributed by atoms with E-state index in [1.165, 1.54) is 18.4 Å². The van der Waals surface area contributed by atoms with Gasteiger partial charge in [0.2, 0.25) is 5.55 Å². The van der Waals surface area contributed by atoms with E-state index in [2.05, 4.69) is 13.0 Å². The van der Waals surface area contributed by atoms with Crippen LogP contribution in [0.5, 0.6) is 5.75 Å². The first-order valence-electron chi connectivity index (χ1n) is 12.6. The smallest absolute Gasteiger partial charge is 0.230 e. The predicted octanol–water partition coefficient (Wildman–Crippen LogP) is 9.25. The summed E-state index contributed by atoms with van der Waals surface area (Å²) in [5, 5.41) is 15.2. The van der Waals surface area contributed by atoms with Crippen LogP contribution in [0.25, 0.3) is 32.8 Å². The molecule has 2 heterocycles. The van der Waals surface area contributed by atoms with Gasteiger partial charge in [-0.25, -0.2) is 9.98 Å². The summed E-state index contributed by atoms with van der Waals surface area (Å²) in [5.74, 6) is 0.265. The van der Waals surface area contributed by atoms with Gasteiger partial charge in [0.1, 0.15) is 16.3 Å². The first-order valence-corrected chi connectivity index (χ1v) is 13.9. The fourth-order valence-electron chi connectivity index (χ4n) is 4.28. The van der Waals surface area contributed by atoms with Gasteiger partial charge in [-0.3, -0.25) is 0 Å². The van der Waals surface area contributed by atoms with Gasteiger partial charge in [-0.1, -0.05) is 67.6 Å². The van der Waals surface area contributed by atoms with Crippen molar-refractivity contribution in [1.82, 2.24) is 4.98 Å². The summed E-state index contributed by atoms with van der Waals surface area (Å²) in [6.45, 7) is 4.25. The number of nitrogens with zero attached hydrogens (tertiary/aromatic N) is 2. The zero-order valence-electron chi connectivity index (χ0n) is 21.0. The summed E-state index contributed by atoms with van der Waals surface area (Å²) in [6.07, 6.45) is 5.44. The largest absolute Gasteiger partial charge is 0.508 e. The Morgan fingerprint density at radius 1 is 0.973 bits per heavy atom. The van der Waals surface area contributed by atoms with Crippen LogP contribution in [0.4, 0.5) is 5.69 Å². The minimum absolute atomic E-state index is 0.265. The Morgan fingerprint density at radius 2 is 1.76 bits per heavy atom. The Kier molecular flexibility index (Phi) is 7.73. The van der Waals surface area contributed by atoms with Crippen LogP contribution in [0.15, 0.2) is 81.5 Å². The van der Waals surface area contributed by atoms with Crippen LogP contribution in [0, 0.1) is 6.92 Å². The lowest BCUT2D eigenvalue weighted by Crippen LogP contribution is -2.05. The maximum absolute atomic E-state index is 10.7. The standard InChI is InChI=1S/C31H29ClN2O2S/c1-3-4-5-6-7-22-16-23-17-26(31-34-27(19-37-31)21-10-12-24(32)13-11-21)30(36-29(23)18-28(22)35)33-25-14-8-20(2)9-15-25/h8-19,35H,3-7H2,1-2H3. The number of hydrogen-bond acceptors (Lipinski definition) is 5. The van der Waals surface area contributed by atoms with Gasteiger partial charge in [0.05, 0.1) is 16.9 Å². The molecule has 1 N–H and O–H groups in total. The first kappa shape index (κ1) is 25.2. The van der Waals surface area contributed by atoms with Gasteiger partial charge in [0.25, 0.3) is 0 Å². The molecule has 3 aromatic carbocycles. The summed E-state index contributed by atoms with van der Waals surface area (Å²) in [6, 6.07) is 21.5. The third-order valence-corrected chi connectivity index (χ3v) is 7.51. The molecule has 4 nitrogen and oxygen atoms in total. The van der Waals surface area contributed by atoms with Gasteiger partial charge in [-0.2, -0.15) is 0 Å². The minimum Gasteiger partial charge on any atom is -0.508 e. The zero-order valence-corrected chi connectivity index (χ0v) is 22.6. The fraction of sp³-hybridized carbons (Fsp3) is 0.226. The van der Waals surface area contributed by atoms with Gasteiger partial charge in [0, 0.05) is 27.4 Å². The van der Waals surface area contributed by atoms with Gasteiger partial charge < -0.3 is 9.52 Å². The van der Waals surface area contributed by atoms with E-state index >= 15 is 0 Å². The quantitative estimate of drug-likeness (QED) is 0.204. The number of phenols is 1. The number of aryl methyl sites for hydroxylation is 2. The molecule has 0 amide bonds. The normalized spacial score (nSPS) is 11.9. The molecule has 5 rings (SSSR count). The Bertz CT molecular complexity index is 1590. The number of aromatic nitrogens is 1. The minimum atomic E-state index is 0.265. The lowest BCUT2D eigenvalue weighted by atomic mass is 10.0. The number of halogens is 1. The summed E-state index contributed by atoms with van der Waals surface area (Å²) in [5.41, 5.74) is 6.65. The van der Waals surface area contributed by atoms with Gasteiger partial charge in [-0.05, 0) is 61.7 Å². The molecule has 0 aliphatic rings.